The van der Waals surface area contributed by atoms with E-state index in [2.05, 4.69) is 47.5 Å². The first-order chi connectivity index (χ1) is 18.5. The van der Waals surface area contributed by atoms with Gasteiger partial charge in [-0.05, 0) is 48.4 Å². The summed E-state index contributed by atoms with van der Waals surface area (Å²) in [5, 5.41) is 2.19. The van der Waals surface area contributed by atoms with Gasteiger partial charge in [-0.1, -0.05) is 60.2 Å². The van der Waals surface area contributed by atoms with Crippen LogP contribution in [0.2, 0.25) is 0 Å². The second-order valence-electron chi connectivity index (χ2n) is 10.4. The quantitative estimate of drug-likeness (QED) is 0.424. The molecule has 1 aromatic heterocycles. The summed E-state index contributed by atoms with van der Waals surface area (Å²) in [5.41, 5.74) is 4.98. The highest BCUT2D eigenvalue weighted by Gasteiger charge is 2.32. The molecule has 3 heterocycles. The molecule has 2 aliphatic heterocycles. The molecule has 0 unspecified atom stereocenters. The number of piperazine rings is 1. The molecule has 3 aromatic rings. The average molecular weight is 532 g/mol. The van der Waals surface area contributed by atoms with Crippen molar-refractivity contribution < 1.29 is 14.3 Å². The molecule has 200 valence electrons. The third-order valence-electron chi connectivity index (χ3n) is 7.71. The molecule has 1 saturated heterocycles. The zero-order valence-corrected chi connectivity index (χ0v) is 23.2. The summed E-state index contributed by atoms with van der Waals surface area (Å²) in [6.45, 7) is 8.00. The number of thiophene rings is 1. The van der Waals surface area contributed by atoms with E-state index in [1.54, 1.807) is 0 Å². The standard InChI is InChI=1S/C31H37N3O3S/c1-23-8-10-26(11-9-23)31-27-14-19-38-28(27)12-15-32(31)16-13-29(35)33-17-18-34(24(2)20-33)30(36)22-37-21-25-6-4-3-5-7-25/h3-11,14,19,24,31H,12-13,15-18,20-22H2,1-2H3/t24-,31+/m0/s1. The van der Waals surface area contributed by atoms with E-state index in [-0.39, 0.29) is 30.5 Å². The van der Waals surface area contributed by atoms with Gasteiger partial charge in [-0.2, -0.15) is 0 Å². The fourth-order valence-electron chi connectivity index (χ4n) is 5.61. The Morgan fingerprint density at radius 2 is 1.76 bits per heavy atom. The highest BCUT2D eigenvalue weighted by atomic mass is 32.1. The van der Waals surface area contributed by atoms with Gasteiger partial charge in [0.1, 0.15) is 6.61 Å². The summed E-state index contributed by atoms with van der Waals surface area (Å²) < 4.78 is 5.66. The Hall–Kier alpha value is -3.00. The number of nitrogens with zero attached hydrogens (tertiary/aromatic N) is 3. The van der Waals surface area contributed by atoms with Crippen LogP contribution in [0.5, 0.6) is 0 Å². The SMILES string of the molecule is Cc1ccc([C@@H]2c3ccsc3CCN2CCC(=O)N2CCN(C(=O)COCc3ccccc3)[C@@H](C)C2)cc1. The molecule has 2 aromatic carbocycles. The number of rotatable bonds is 8. The van der Waals surface area contributed by atoms with Gasteiger partial charge in [0.25, 0.3) is 0 Å². The van der Waals surface area contributed by atoms with E-state index in [1.165, 1.54) is 21.6 Å². The predicted molar refractivity (Wildman–Crippen MR) is 151 cm³/mol. The van der Waals surface area contributed by atoms with Gasteiger partial charge in [-0.15, -0.1) is 11.3 Å². The second-order valence-corrected chi connectivity index (χ2v) is 11.4. The molecule has 0 aliphatic carbocycles. The number of benzene rings is 2. The van der Waals surface area contributed by atoms with Crippen LogP contribution in [0.1, 0.15) is 46.5 Å². The van der Waals surface area contributed by atoms with Crippen LogP contribution < -0.4 is 0 Å². The summed E-state index contributed by atoms with van der Waals surface area (Å²) in [7, 11) is 0. The lowest BCUT2D eigenvalue weighted by Gasteiger charge is -2.40. The van der Waals surface area contributed by atoms with Crippen molar-refractivity contribution in [3.8, 4) is 0 Å². The molecule has 5 rings (SSSR count). The molecule has 1 fully saturated rings. The summed E-state index contributed by atoms with van der Waals surface area (Å²) in [6, 6.07) is 21.1. The van der Waals surface area contributed by atoms with Gasteiger partial charge in [-0.3, -0.25) is 14.5 Å². The fraction of sp³-hybridized carbons (Fsp3) is 0.419. The van der Waals surface area contributed by atoms with Gasteiger partial charge >= 0.3 is 0 Å². The molecule has 0 saturated carbocycles. The van der Waals surface area contributed by atoms with Gasteiger partial charge in [0.15, 0.2) is 0 Å². The van der Waals surface area contributed by atoms with Crippen LogP contribution in [0.25, 0.3) is 0 Å². The lowest BCUT2D eigenvalue weighted by molar-refractivity contribution is -0.146. The lowest BCUT2D eigenvalue weighted by atomic mass is 9.92. The van der Waals surface area contributed by atoms with Crippen LogP contribution in [0.3, 0.4) is 0 Å². The highest BCUT2D eigenvalue weighted by molar-refractivity contribution is 7.10. The molecule has 7 heteroatoms. The maximum atomic E-state index is 13.2. The third-order valence-corrected chi connectivity index (χ3v) is 8.71. The molecular weight excluding hydrogens is 494 g/mol. The normalized spacial score (nSPS) is 19.8. The minimum atomic E-state index is -0.0239. The fourth-order valence-corrected chi connectivity index (χ4v) is 6.52. The minimum absolute atomic E-state index is 0.0126. The number of aryl methyl sites for hydroxylation is 1. The molecule has 0 spiro atoms. The van der Waals surface area contributed by atoms with Crippen molar-refractivity contribution in [2.75, 3.05) is 39.3 Å². The number of ether oxygens (including phenoxy) is 1. The van der Waals surface area contributed by atoms with Crippen LogP contribution >= 0.6 is 11.3 Å². The van der Waals surface area contributed by atoms with Crippen LogP contribution in [-0.2, 0) is 27.4 Å². The van der Waals surface area contributed by atoms with Crippen molar-refractivity contribution in [2.24, 2.45) is 0 Å². The molecule has 0 bridgehead atoms. The number of carbonyl (C=O) groups is 2. The number of hydrogen-bond acceptors (Lipinski definition) is 5. The number of carbonyl (C=O) groups excluding carboxylic acids is 2. The van der Waals surface area contributed by atoms with Crippen molar-refractivity contribution >= 4 is 23.2 Å². The van der Waals surface area contributed by atoms with Crippen LogP contribution in [0.15, 0.2) is 66.0 Å². The summed E-state index contributed by atoms with van der Waals surface area (Å²) in [4.78, 5) is 33.7. The Kier molecular flexibility index (Phi) is 8.57. The molecule has 38 heavy (non-hydrogen) atoms. The van der Waals surface area contributed by atoms with Gasteiger partial charge in [0.05, 0.1) is 12.6 Å². The van der Waals surface area contributed by atoms with Crippen molar-refractivity contribution in [3.63, 3.8) is 0 Å². The minimum Gasteiger partial charge on any atom is -0.367 e. The lowest BCUT2D eigenvalue weighted by Crippen LogP contribution is -2.56. The van der Waals surface area contributed by atoms with E-state index in [1.807, 2.05) is 58.4 Å². The first-order valence-corrected chi connectivity index (χ1v) is 14.4. The van der Waals surface area contributed by atoms with Crippen molar-refractivity contribution in [2.45, 2.75) is 45.4 Å². The zero-order chi connectivity index (χ0) is 26.5. The maximum absolute atomic E-state index is 13.2. The Bertz CT molecular complexity index is 1230. The van der Waals surface area contributed by atoms with Crippen molar-refractivity contribution in [1.82, 2.24) is 14.7 Å². The molecule has 0 radical (unpaired) electrons. The Labute approximate surface area is 229 Å². The highest BCUT2D eigenvalue weighted by Crippen LogP contribution is 2.37. The van der Waals surface area contributed by atoms with Crippen molar-refractivity contribution in [1.29, 1.82) is 0 Å². The number of hydrogen-bond donors (Lipinski definition) is 0. The third kappa shape index (κ3) is 6.17. The van der Waals surface area contributed by atoms with Crippen molar-refractivity contribution in [3.05, 3.63) is 93.2 Å². The Morgan fingerprint density at radius 3 is 2.53 bits per heavy atom. The molecule has 0 N–H and O–H groups in total. The van der Waals surface area contributed by atoms with Crippen LogP contribution in [0, 0.1) is 6.92 Å². The summed E-state index contributed by atoms with van der Waals surface area (Å²) in [6.07, 6.45) is 1.52. The number of fused-ring (bicyclic) bond motifs is 1. The van der Waals surface area contributed by atoms with Gasteiger partial charge in [0.2, 0.25) is 11.8 Å². The topological polar surface area (TPSA) is 53.1 Å². The Morgan fingerprint density at radius 1 is 0.974 bits per heavy atom. The number of amides is 2. The molecule has 2 aliphatic rings. The summed E-state index contributed by atoms with van der Waals surface area (Å²) in [5.74, 6) is 0.157. The smallest absolute Gasteiger partial charge is 0.248 e. The molecule has 2 amide bonds. The summed E-state index contributed by atoms with van der Waals surface area (Å²) >= 11 is 1.84. The monoisotopic (exact) mass is 531 g/mol. The first kappa shape index (κ1) is 26.6. The molecule has 2 atom stereocenters. The van der Waals surface area contributed by atoms with Crippen LogP contribution in [-0.4, -0.2) is 71.9 Å². The van der Waals surface area contributed by atoms with Gasteiger partial charge in [0, 0.05) is 50.1 Å². The largest absolute Gasteiger partial charge is 0.367 e. The van der Waals surface area contributed by atoms with Crippen LogP contribution in [0.4, 0.5) is 0 Å². The maximum Gasteiger partial charge on any atom is 0.248 e. The van der Waals surface area contributed by atoms with Gasteiger partial charge in [-0.25, -0.2) is 0 Å². The molecular formula is C31H37N3O3S. The van der Waals surface area contributed by atoms with E-state index in [4.69, 9.17) is 4.74 Å². The van der Waals surface area contributed by atoms with Gasteiger partial charge < -0.3 is 14.5 Å². The van der Waals surface area contributed by atoms with E-state index in [0.29, 0.717) is 32.7 Å². The average Bonchev–Trinajstić information content (AvgIpc) is 3.41. The second kappa shape index (κ2) is 12.2. The zero-order valence-electron chi connectivity index (χ0n) is 22.3. The first-order valence-electron chi connectivity index (χ1n) is 13.6. The van der Waals surface area contributed by atoms with E-state index < -0.39 is 0 Å². The molecule has 6 nitrogen and oxygen atoms in total. The van der Waals surface area contributed by atoms with E-state index >= 15 is 0 Å². The van der Waals surface area contributed by atoms with E-state index in [9.17, 15) is 9.59 Å². The Balaban J connectivity index is 1.13. The van der Waals surface area contributed by atoms with E-state index in [0.717, 1.165) is 25.1 Å². The predicted octanol–water partition coefficient (Wildman–Crippen LogP) is 4.67.